The van der Waals surface area contributed by atoms with Crippen molar-refractivity contribution in [3.8, 4) is 16.9 Å². The fourth-order valence-electron chi connectivity index (χ4n) is 11.1. The molecule has 17 nitrogen and oxygen atoms in total. The third kappa shape index (κ3) is 9.28. The quantitative estimate of drug-likeness (QED) is 0.0633. The number of thiazole rings is 1. The van der Waals surface area contributed by atoms with Crippen LogP contribution in [0.15, 0.2) is 91.0 Å². The van der Waals surface area contributed by atoms with E-state index in [1.807, 2.05) is 110 Å². The Kier molecular flexibility index (Phi) is 12.7. The second-order valence-electron chi connectivity index (χ2n) is 19.2. The van der Waals surface area contributed by atoms with E-state index in [1.54, 1.807) is 4.68 Å². The number of aromatic nitrogens is 4. The molecule has 18 heteroatoms. The van der Waals surface area contributed by atoms with Crippen molar-refractivity contribution in [3.63, 3.8) is 0 Å². The van der Waals surface area contributed by atoms with E-state index in [0.29, 0.717) is 78.3 Å². The molecule has 4 N–H and O–H groups in total. The van der Waals surface area contributed by atoms with Crippen LogP contribution in [0.25, 0.3) is 32.2 Å². The molecular formula is C54H54N10O7S. The number of amides is 4. The van der Waals surface area contributed by atoms with Crippen LogP contribution in [-0.4, -0.2) is 116 Å². The maximum absolute atomic E-state index is 13.7. The number of carboxylic acids is 1. The molecule has 3 aromatic heterocycles. The number of carbonyl (C=O) groups excluding carboxylic acids is 4. The summed E-state index contributed by atoms with van der Waals surface area (Å²) < 4.78 is 9.07. The van der Waals surface area contributed by atoms with Gasteiger partial charge in [0.15, 0.2) is 10.8 Å². The molecule has 0 radical (unpaired) electrons. The first-order chi connectivity index (χ1) is 34.9. The molecule has 3 saturated heterocycles. The summed E-state index contributed by atoms with van der Waals surface area (Å²) >= 11 is 1.43. The number of hydrogen-bond donors (Lipinski definition) is 4. The summed E-state index contributed by atoms with van der Waals surface area (Å²) in [6, 6.07) is 29.0. The lowest BCUT2D eigenvalue weighted by atomic mass is 9.93. The van der Waals surface area contributed by atoms with E-state index in [9.17, 15) is 29.1 Å². The largest absolute Gasteiger partial charge is 0.493 e. The SMILES string of the molecule is Cc1c(OCCCN2C[C@H]3CC[C@@H](C2)N3CC(=O)Nc2ccc3c(C4CCC(=O)NC4=O)nn(C)c3c2)cccc1-c1ccc(N2CCc3cccc(C(=O)Nc4nc5ccccc5s4)c3C2)nc1C(=O)O. The van der Waals surface area contributed by atoms with Gasteiger partial charge in [-0.3, -0.25) is 39.4 Å². The highest BCUT2D eigenvalue weighted by Crippen LogP contribution is 2.36. The van der Waals surface area contributed by atoms with E-state index in [-0.39, 0.29) is 47.8 Å². The number of fused-ring (bicyclic) bond motifs is 5. The van der Waals surface area contributed by atoms with Crippen molar-refractivity contribution >= 4 is 78.7 Å². The van der Waals surface area contributed by atoms with Crippen LogP contribution in [0.3, 0.4) is 0 Å². The van der Waals surface area contributed by atoms with Crippen molar-refractivity contribution in [1.82, 2.24) is 34.9 Å². The molecule has 3 atom stereocenters. The van der Waals surface area contributed by atoms with Crippen LogP contribution in [0.2, 0.25) is 0 Å². The molecule has 368 valence electrons. The second kappa shape index (κ2) is 19.6. The summed E-state index contributed by atoms with van der Waals surface area (Å²) in [6.45, 7) is 6.32. The van der Waals surface area contributed by atoms with Crippen LogP contribution in [0.5, 0.6) is 5.75 Å². The van der Waals surface area contributed by atoms with Crippen LogP contribution in [0.1, 0.15) is 81.3 Å². The number of ether oxygens (including phenoxy) is 1. The Morgan fingerprint density at radius 1 is 0.889 bits per heavy atom. The van der Waals surface area contributed by atoms with Crippen LogP contribution >= 0.6 is 11.3 Å². The Morgan fingerprint density at radius 3 is 2.51 bits per heavy atom. The summed E-state index contributed by atoms with van der Waals surface area (Å²) in [5.74, 6) is -1.33. The molecule has 4 aliphatic heterocycles. The zero-order valence-electron chi connectivity index (χ0n) is 40.0. The molecule has 0 saturated carbocycles. The molecule has 0 aliphatic carbocycles. The minimum Gasteiger partial charge on any atom is -0.493 e. The van der Waals surface area contributed by atoms with E-state index in [0.717, 1.165) is 82.3 Å². The molecule has 1 unspecified atom stereocenters. The van der Waals surface area contributed by atoms with Gasteiger partial charge in [-0.2, -0.15) is 5.10 Å². The lowest BCUT2D eigenvalue weighted by Crippen LogP contribution is -2.55. The number of pyridine rings is 1. The molecule has 4 aromatic carbocycles. The third-order valence-electron chi connectivity index (χ3n) is 14.7. The van der Waals surface area contributed by atoms with Crippen molar-refractivity contribution < 1.29 is 33.8 Å². The summed E-state index contributed by atoms with van der Waals surface area (Å²) in [5.41, 5.74) is 7.43. The number of nitrogens with one attached hydrogen (secondary N) is 3. The van der Waals surface area contributed by atoms with E-state index < -0.39 is 11.9 Å². The summed E-state index contributed by atoms with van der Waals surface area (Å²) in [5, 5.41) is 25.0. The van der Waals surface area contributed by atoms with Crippen molar-refractivity contribution in [2.75, 3.05) is 54.9 Å². The fourth-order valence-corrected chi connectivity index (χ4v) is 11.9. The molecule has 4 aliphatic rings. The van der Waals surface area contributed by atoms with E-state index in [4.69, 9.17) is 9.72 Å². The number of piperazine rings is 1. The first-order valence-corrected chi connectivity index (χ1v) is 25.3. The van der Waals surface area contributed by atoms with Crippen molar-refractivity contribution in [1.29, 1.82) is 0 Å². The lowest BCUT2D eigenvalue weighted by molar-refractivity contribution is -0.134. The topological polar surface area (TPSA) is 204 Å². The van der Waals surface area contributed by atoms with Gasteiger partial charge in [-0.15, -0.1) is 0 Å². The Balaban J connectivity index is 0.684. The second-order valence-corrected chi connectivity index (χ2v) is 20.2. The Hall–Kier alpha value is -7.54. The first-order valence-electron chi connectivity index (χ1n) is 24.5. The van der Waals surface area contributed by atoms with Gasteiger partial charge in [-0.25, -0.2) is 14.8 Å². The van der Waals surface area contributed by atoms with Gasteiger partial charge in [0.05, 0.1) is 40.5 Å². The van der Waals surface area contributed by atoms with E-state index >= 15 is 0 Å². The monoisotopic (exact) mass is 986 g/mol. The molecule has 7 heterocycles. The maximum Gasteiger partial charge on any atom is 0.355 e. The molecular weight excluding hydrogens is 933 g/mol. The zero-order valence-corrected chi connectivity index (χ0v) is 40.8. The number of anilines is 3. The van der Waals surface area contributed by atoms with Gasteiger partial charge in [0.2, 0.25) is 17.7 Å². The van der Waals surface area contributed by atoms with Gasteiger partial charge in [-0.1, -0.05) is 47.7 Å². The smallest absolute Gasteiger partial charge is 0.355 e. The Bertz CT molecular complexity index is 3270. The minimum absolute atomic E-state index is 0.0556. The number of carboxylic acid groups (broad SMARTS) is 1. The summed E-state index contributed by atoms with van der Waals surface area (Å²) in [6.07, 6.45) is 4.23. The third-order valence-corrected chi connectivity index (χ3v) is 15.6. The zero-order chi connectivity index (χ0) is 49.6. The Labute approximate surface area is 419 Å². The highest BCUT2D eigenvalue weighted by Gasteiger charge is 2.40. The summed E-state index contributed by atoms with van der Waals surface area (Å²) in [7, 11) is 1.81. The number of imide groups is 1. The fraction of sp³-hybridized carbons (Fsp3) is 0.333. The van der Waals surface area contributed by atoms with Gasteiger partial charge in [0.25, 0.3) is 5.91 Å². The minimum atomic E-state index is -1.13. The molecule has 11 rings (SSSR count). The average Bonchev–Trinajstić information content (AvgIpc) is 4.00. The van der Waals surface area contributed by atoms with Crippen LogP contribution in [0, 0.1) is 6.92 Å². The van der Waals surface area contributed by atoms with Gasteiger partial charge in [0, 0.05) is 80.5 Å². The standard InChI is InChI=1S/C54H54N10O7S/c1-31-36(37-18-20-46(57-50(37)53(69)70)63-24-22-32-8-5-10-38(41(32)29-63)51(67)59-54-56-42-11-3-4-13-45(42)72-54)9-6-12-44(31)71-25-7-23-62-27-34-15-16-35(28-62)64(34)30-48(66)55-33-14-17-39-43(26-33)61(2)60-49(39)40-19-21-47(65)58-52(40)68/h3-6,8-14,17-18,20,26,34-35,40H,7,15-16,19,21-25,27-30H2,1-2H3,(H,55,66)(H,69,70)(H,56,59,67)(H,58,65,68)/t34-,35+,40?. The predicted octanol–water partition coefficient (Wildman–Crippen LogP) is 7.14. The molecule has 4 amide bonds. The van der Waals surface area contributed by atoms with Gasteiger partial charge >= 0.3 is 5.97 Å². The highest BCUT2D eigenvalue weighted by atomic mass is 32.1. The van der Waals surface area contributed by atoms with Crippen LogP contribution < -0.4 is 25.6 Å². The van der Waals surface area contributed by atoms with E-state index in [2.05, 4.69) is 35.8 Å². The number of para-hydroxylation sites is 1. The van der Waals surface area contributed by atoms with Gasteiger partial charge in [0.1, 0.15) is 11.6 Å². The maximum atomic E-state index is 13.7. The lowest BCUT2D eigenvalue weighted by Gasteiger charge is -2.40. The van der Waals surface area contributed by atoms with Crippen LogP contribution in [0.4, 0.5) is 16.6 Å². The molecule has 2 bridgehead atoms. The van der Waals surface area contributed by atoms with Gasteiger partial charge < -0.3 is 25.0 Å². The Morgan fingerprint density at radius 2 is 1.71 bits per heavy atom. The first kappa shape index (κ1) is 46.8. The average molecular weight is 987 g/mol. The molecule has 3 fully saturated rings. The highest BCUT2D eigenvalue weighted by molar-refractivity contribution is 7.22. The normalized spacial score (nSPS) is 19.1. The van der Waals surface area contributed by atoms with Crippen molar-refractivity contribution in [2.45, 2.75) is 70.0 Å². The van der Waals surface area contributed by atoms with Crippen molar-refractivity contribution in [3.05, 3.63) is 125 Å². The van der Waals surface area contributed by atoms with Gasteiger partial charge in [-0.05, 0) is 116 Å². The number of aromatic carboxylic acids is 1. The number of nitrogens with zero attached hydrogens (tertiary/aromatic N) is 7. The van der Waals surface area contributed by atoms with Crippen LogP contribution in [-0.2, 0) is 34.4 Å². The molecule has 72 heavy (non-hydrogen) atoms. The molecule has 7 aromatic rings. The number of hydrogen-bond acceptors (Lipinski definition) is 13. The number of benzene rings is 4. The van der Waals surface area contributed by atoms with E-state index in [1.165, 1.54) is 11.3 Å². The number of piperidine rings is 1. The number of rotatable bonds is 14. The number of likely N-dealkylation sites (tertiary alicyclic amines) is 1. The number of carbonyl (C=O) groups is 5. The number of aryl methyl sites for hydroxylation is 1. The predicted molar refractivity (Wildman–Crippen MR) is 275 cm³/mol. The van der Waals surface area contributed by atoms with Crippen molar-refractivity contribution in [2.24, 2.45) is 7.05 Å². The molecule has 0 spiro atoms. The summed E-state index contributed by atoms with van der Waals surface area (Å²) in [4.78, 5) is 80.4.